The highest BCUT2D eigenvalue weighted by Gasteiger charge is 2.22. The molecule has 0 radical (unpaired) electrons. The highest BCUT2D eigenvalue weighted by Crippen LogP contribution is 2.36. The maximum absolute atomic E-state index is 13.3. The number of rotatable bonds is 0. The summed E-state index contributed by atoms with van der Waals surface area (Å²) in [4.78, 5) is 13.7. The van der Waals surface area contributed by atoms with Crippen LogP contribution >= 0.6 is 0 Å². The van der Waals surface area contributed by atoms with Gasteiger partial charge < -0.3 is 4.90 Å². The maximum Gasteiger partial charge on any atom is 0.231 e. The van der Waals surface area contributed by atoms with Crippen molar-refractivity contribution in [1.29, 1.82) is 0 Å². The van der Waals surface area contributed by atoms with E-state index >= 15 is 0 Å². The van der Waals surface area contributed by atoms with Crippen molar-refractivity contribution < 1.29 is 9.18 Å². The van der Waals surface area contributed by atoms with Crippen LogP contribution < -0.4 is 4.90 Å². The summed E-state index contributed by atoms with van der Waals surface area (Å²) in [6.07, 6.45) is 0.234. The summed E-state index contributed by atoms with van der Waals surface area (Å²) >= 11 is 0. The molecule has 0 atom stereocenters. The molecule has 2 aromatic rings. The second kappa shape index (κ2) is 3.95. The lowest BCUT2D eigenvalue weighted by molar-refractivity contribution is -0.117. The van der Waals surface area contributed by atoms with Crippen LogP contribution in [0.1, 0.15) is 5.56 Å². The van der Waals surface area contributed by atoms with Gasteiger partial charge in [-0.25, -0.2) is 4.39 Å². The molecule has 0 saturated heterocycles. The number of likely N-dealkylation sites (N-methyl/N-ethyl adjacent to an activating group) is 1. The fourth-order valence-corrected chi connectivity index (χ4v) is 2.38. The normalized spacial score (nSPS) is 13.9. The highest BCUT2D eigenvalue weighted by molar-refractivity contribution is 6.02. The van der Waals surface area contributed by atoms with Crippen LogP contribution in [0.4, 0.5) is 10.1 Å². The molecule has 1 aliphatic heterocycles. The lowest BCUT2D eigenvalue weighted by Crippen LogP contribution is -2.26. The summed E-state index contributed by atoms with van der Waals surface area (Å²) < 4.78 is 13.3. The summed E-state index contributed by atoms with van der Waals surface area (Å²) in [5.41, 5.74) is 3.52. The van der Waals surface area contributed by atoms with Crippen molar-refractivity contribution in [3.05, 3.63) is 53.8 Å². The minimum Gasteiger partial charge on any atom is -0.315 e. The second-order valence-corrected chi connectivity index (χ2v) is 4.45. The number of fused-ring (bicyclic) bond motifs is 3. The molecule has 0 aliphatic carbocycles. The minimum atomic E-state index is -0.302. The number of hydrogen-bond acceptors (Lipinski definition) is 1. The summed E-state index contributed by atoms with van der Waals surface area (Å²) in [6.45, 7) is 0. The van der Waals surface area contributed by atoms with Crippen molar-refractivity contribution in [2.24, 2.45) is 0 Å². The van der Waals surface area contributed by atoms with Gasteiger partial charge in [0, 0.05) is 12.6 Å². The Hall–Kier alpha value is -2.16. The first kappa shape index (κ1) is 11.0. The number of carbonyl (C=O) groups excluding carboxylic acids is 1. The van der Waals surface area contributed by atoms with Crippen molar-refractivity contribution in [3.8, 4) is 11.1 Å². The van der Waals surface area contributed by atoms with E-state index in [-0.39, 0.29) is 18.1 Å². The molecule has 90 valence electrons. The van der Waals surface area contributed by atoms with Gasteiger partial charge in [-0.2, -0.15) is 0 Å². The molecule has 0 N–H and O–H groups in total. The first-order valence-corrected chi connectivity index (χ1v) is 5.81. The molecule has 0 aromatic heterocycles. The van der Waals surface area contributed by atoms with Crippen LogP contribution in [0.2, 0.25) is 0 Å². The first-order chi connectivity index (χ1) is 8.66. The van der Waals surface area contributed by atoms with Crippen LogP contribution in [0.25, 0.3) is 11.1 Å². The Balaban J connectivity index is 2.32. The molecule has 2 nitrogen and oxygen atoms in total. The van der Waals surface area contributed by atoms with E-state index in [0.717, 1.165) is 22.4 Å². The molecule has 2 aromatic carbocycles. The van der Waals surface area contributed by atoms with Gasteiger partial charge in [0.15, 0.2) is 0 Å². The first-order valence-electron chi connectivity index (χ1n) is 5.81. The van der Waals surface area contributed by atoms with Crippen molar-refractivity contribution in [1.82, 2.24) is 0 Å². The highest BCUT2D eigenvalue weighted by atomic mass is 19.1. The van der Waals surface area contributed by atoms with Gasteiger partial charge in [0.1, 0.15) is 5.82 Å². The van der Waals surface area contributed by atoms with Crippen molar-refractivity contribution in [2.75, 3.05) is 11.9 Å². The Kier molecular flexibility index (Phi) is 2.40. The van der Waals surface area contributed by atoms with Gasteiger partial charge >= 0.3 is 0 Å². The van der Waals surface area contributed by atoms with E-state index in [4.69, 9.17) is 0 Å². The number of hydrogen-bond donors (Lipinski definition) is 0. The molecule has 1 heterocycles. The molecule has 0 saturated carbocycles. The summed E-state index contributed by atoms with van der Waals surface area (Å²) in [5, 5.41) is 0. The van der Waals surface area contributed by atoms with Crippen molar-refractivity contribution >= 4 is 11.6 Å². The monoisotopic (exact) mass is 241 g/mol. The summed E-state index contributed by atoms with van der Waals surface area (Å²) in [7, 11) is 1.75. The Morgan fingerprint density at radius 2 is 1.89 bits per heavy atom. The van der Waals surface area contributed by atoms with Gasteiger partial charge in [0.25, 0.3) is 0 Å². The van der Waals surface area contributed by atoms with Crippen molar-refractivity contribution in [3.63, 3.8) is 0 Å². The molecule has 1 aliphatic rings. The second-order valence-electron chi connectivity index (χ2n) is 4.45. The number of amides is 1. The van der Waals surface area contributed by atoms with Gasteiger partial charge in [-0.1, -0.05) is 24.3 Å². The molecular weight excluding hydrogens is 229 g/mol. The number of para-hydroxylation sites is 1. The topological polar surface area (TPSA) is 20.3 Å². The Labute approximate surface area is 105 Å². The third-order valence-electron chi connectivity index (χ3n) is 3.34. The third-order valence-corrected chi connectivity index (χ3v) is 3.34. The van der Waals surface area contributed by atoms with Gasteiger partial charge in [-0.3, -0.25) is 4.79 Å². The Morgan fingerprint density at radius 3 is 2.72 bits per heavy atom. The van der Waals surface area contributed by atoms with Crippen LogP contribution in [0.15, 0.2) is 42.5 Å². The molecule has 0 unspecified atom stereocenters. The SMILES string of the molecule is CN1C(=O)Cc2cc(F)ccc2-c2ccccc21. The van der Waals surface area contributed by atoms with Crippen LogP contribution in [-0.2, 0) is 11.2 Å². The van der Waals surface area contributed by atoms with E-state index in [1.54, 1.807) is 18.0 Å². The average molecular weight is 241 g/mol. The lowest BCUT2D eigenvalue weighted by Gasteiger charge is -2.17. The van der Waals surface area contributed by atoms with E-state index in [1.165, 1.54) is 12.1 Å². The zero-order valence-corrected chi connectivity index (χ0v) is 9.98. The maximum atomic E-state index is 13.3. The predicted molar refractivity (Wildman–Crippen MR) is 69.0 cm³/mol. The van der Waals surface area contributed by atoms with Crippen LogP contribution in [0.3, 0.4) is 0 Å². The van der Waals surface area contributed by atoms with E-state index in [9.17, 15) is 9.18 Å². The number of nitrogens with zero attached hydrogens (tertiary/aromatic N) is 1. The molecular formula is C15H12FNO. The number of benzene rings is 2. The molecule has 18 heavy (non-hydrogen) atoms. The van der Waals surface area contributed by atoms with Crippen molar-refractivity contribution in [2.45, 2.75) is 6.42 Å². The van der Waals surface area contributed by atoms with Gasteiger partial charge in [-0.15, -0.1) is 0 Å². The van der Waals surface area contributed by atoms with Gasteiger partial charge in [-0.05, 0) is 29.3 Å². The zero-order valence-electron chi connectivity index (χ0n) is 9.98. The molecule has 3 rings (SSSR count). The number of halogens is 1. The van der Waals surface area contributed by atoms with Crippen LogP contribution in [-0.4, -0.2) is 13.0 Å². The smallest absolute Gasteiger partial charge is 0.231 e. The minimum absolute atomic E-state index is 0.0215. The van der Waals surface area contributed by atoms with Gasteiger partial charge in [0.2, 0.25) is 5.91 Å². The van der Waals surface area contributed by atoms with E-state index < -0.39 is 0 Å². The standard InChI is InChI=1S/C15H12FNO/c1-17-14-5-3-2-4-13(14)12-7-6-11(16)8-10(12)9-15(17)18/h2-8H,9H2,1H3. The van der Waals surface area contributed by atoms with E-state index in [0.29, 0.717) is 0 Å². The number of anilines is 1. The zero-order chi connectivity index (χ0) is 12.7. The quantitative estimate of drug-likeness (QED) is 0.694. The van der Waals surface area contributed by atoms with Crippen LogP contribution in [0.5, 0.6) is 0 Å². The molecule has 0 bridgehead atoms. The molecule has 0 fully saturated rings. The summed E-state index contributed by atoms with van der Waals surface area (Å²) in [6, 6.07) is 12.3. The van der Waals surface area contributed by atoms with Crippen LogP contribution in [0, 0.1) is 5.82 Å². The Morgan fingerprint density at radius 1 is 1.11 bits per heavy atom. The summed E-state index contributed by atoms with van der Waals surface area (Å²) in [5.74, 6) is -0.324. The predicted octanol–water partition coefficient (Wildman–Crippen LogP) is 3.01. The number of carbonyl (C=O) groups is 1. The Bertz CT molecular complexity index is 636. The molecule has 0 spiro atoms. The van der Waals surface area contributed by atoms with E-state index in [2.05, 4.69) is 0 Å². The van der Waals surface area contributed by atoms with E-state index in [1.807, 2.05) is 24.3 Å². The largest absolute Gasteiger partial charge is 0.315 e. The fraction of sp³-hybridized carbons (Fsp3) is 0.133. The average Bonchev–Trinajstić information content (AvgIpc) is 2.47. The van der Waals surface area contributed by atoms with Gasteiger partial charge in [0.05, 0.1) is 12.1 Å². The molecule has 3 heteroatoms. The third kappa shape index (κ3) is 1.59. The molecule has 1 amide bonds. The lowest BCUT2D eigenvalue weighted by atomic mass is 9.98. The fourth-order valence-electron chi connectivity index (χ4n) is 2.38.